The van der Waals surface area contributed by atoms with E-state index in [1.54, 1.807) is 19.1 Å². The number of hydrogen-bond donors (Lipinski definition) is 5. The molecule has 0 saturated heterocycles. The minimum Gasteiger partial charge on any atom is -0.506 e. The fourth-order valence-electron chi connectivity index (χ4n) is 2.80. The van der Waals surface area contributed by atoms with Crippen molar-refractivity contribution in [3.05, 3.63) is 23.8 Å². The van der Waals surface area contributed by atoms with E-state index < -0.39 is 17.8 Å². The average Bonchev–Trinajstić information content (AvgIpc) is 2.73. The highest BCUT2D eigenvalue weighted by Gasteiger charge is 2.16. The number of carboxylic acids is 1. The number of terminal acetylenes is 1. The Labute approximate surface area is 183 Å². The van der Waals surface area contributed by atoms with Crippen molar-refractivity contribution in [3.63, 3.8) is 0 Å². The first-order valence-corrected chi connectivity index (χ1v) is 10.3. The van der Waals surface area contributed by atoms with Gasteiger partial charge in [-0.3, -0.25) is 9.59 Å². The molecule has 1 rings (SSSR count). The predicted octanol–water partition coefficient (Wildman–Crippen LogP) is 0.957. The van der Waals surface area contributed by atoms with Crippen molar-refractivity contribution in [2.75, 3.05) is 44.8 Å². The molecule has 172 valence electrons. The van der Waals surface area contributed by atoms with Gasteiger partial charge in [-0.2, -0.15) is 0 Å². The summed E-state index contributed by atoms with van der Waals surface area (Å²) in [6, 6.07) is 4.94. The van der Waals surface area contributed by atoms with Gasteiger partial charge in [0.15, 0.2) is 0 Å². The van der Waals surface area contributed by atoms with Crippen LogP contribution in [0.15, 0.2) is 18.2 Å². The summed E-state index contributed by atoms with van der Waals surface area (Å²) in [5.74, 6) is 0.286. The van der Waals surface area contributed by atoms with Gasteiger partial charge in [0.05, 0.1) is 31.4 Å². The van der Waals surface area contributed by atoms with Gasteiger partial charge in [0, 0.05) is 25.7 Å². The number of aromatic hydroxyl groups is 1. The van der Waals surface area contributed by atoms with Gasteiger partial charge in [0.1, 0.15) is 5.75 Å². The number of aliphatic carboxylic acids is 1. The van der Waals surface area contributed by atoms with E-state index in [-0.39, 0.29) is 11.8 Å². The van der Waals surface area contributed by atoms with Crippen LogP contribution in [0.2, 0.25) is 0 Å². The molecule has 6 N–H and O–H groups in total. The molecule has 0 bridgehead atoms. The molecule has 0 aliphatic heterocycles. The molecule has 2 atom stereocenters. The Bertz CT molecular complexity index is 734. The molecular weight excluding hydrogens is 402 g/mol. The van der Waals surface area contributed by atoms with Crippen LogP contribution in [0, 0.1) is 18.3 Å². The minimum absolute atomic E-state index is 0.141. The van der Waals surface area contributed by atoms with E-state index in [1.165, 1.54) is 0 Å². The number of carbonyl (C=O) groups is 2. The van der Waals surface area contributed by atoms with E-state index in [4.69, 9.17) is 26.7 Å². The Morgan fingerprint density at radius 1 is 1.19 bits per heavy atom. The summed E-state index contributed by atoms with van der Waals surface area (Å²) < 4.78 is 10.8. The first-order chi connectivity index (χ1) is 14.8. The van der Waals surface area contributed by atoms with Crippen molar-refractivity contribution in [3.8, 4) is 18.1 Å². The summed E-state index contributed by atoms with van der Waals surface area (Å²) in [5, 5.41) is 24.7. The van der Waals surface area contributed by atoms with Gasteiger partial charge in [-0.15, -0.1) is 6.42 Å². The van der Waals surface area contributed by atoms with E-state index in [0.717, 1.165) is 12.0 Å². The normalized spacial score (nSPS) is 12.5. The highest BCUT2D eigenvalue weighted by molar-refractivity contribution is 5.92. The van der Waals surface area contributed by atoms with Crippen molar-refractivity contribution in [1.82, 2.24) is 5.32 Å². The van der Waals surface area contributed by atoms with E-state index >= 15 is 0 Å². The van der Waals surface area contributed by atoms with Crippen LogP contribution in [-0.2, 0) is 25.5 Å². The van der Waals surface area contributed by atoms with Gasteiger partial charge >= 0.3 is 5.97 Å². The Balaban J connectivity index is 2.20. The number of nitrogens with one attached hydrogen (secondary N) is 2. The van der Waals surface area contributed by atoms with Crippen molar-refractivity contribution < 1.29 is 29.3 Å². The predicted molar refractivity (Wildman–Crippen MR) is 118 cm³/mol. The summed E-state index contributed by atoms with van der Waals surface area (Å²) in [7, 11) is 0. The molecule has 0 aromatic heterocycles. The average molecular weight is 436 g/mol. The van der Waals surface area contributed by atoms with Crippen molar-refractivity contribution in [2.24, 2.45) is 11.7 Å². The zero-order valence-corrected chi connectivity index (χ0v) is 17.9. The van der Waals surface area contributed by atoms with Crippen molar-refractivity contribution >= 4 is 17.6 Å². The lowest BCUT2D eigenvalue weighted by molar-refractivity contribution is -0.141. The van der Waals surface area contributed by atoms with Gasteiger partial charge in [-0.1, -0.05) is 13.0 Å². The van der Waals surface area contributed by atoms with Crippen LogP contribution in [-0.4, -0.2) is 67.6 Å². The third-order valence-electron chi connectivity index (χ3n) is 4.45. The molecule has 0 saturated carbocycles. The molecule has 1 amide bonds. The summed E-state index contributed by atoms with van der Waals surface area (Å²) in [4.78, 5) is 21.8. The highest BCUT2D eigenvalue weighted by Crippen LogP contribution is 2.25. The fourth-order valence-corrected chi connectivity index (χ4v) is 2.80. The number of phenolic OH excluding ortho intramolecular Hbond substituents is 1. The third kappa shape index (κ3) is 11.8. The van der Waals surface area contributed by atoms with Crippen LogP contribution < -0.4 is 16.4 Å². The lowest BCUT2D eigenvalue weighted by atomic mass is 9.96. The first kappa shape index (κ1) is 26.2. The molecule has 9 nitrogen and oxygen atoms in total. The maximum Gasteiger partial charge on any atom is 0.306 e. The topological polar surface area (TPSA) is 143 Å². The van der Waals surface area contributed by atoms with E-state index in [9.17, 15) is 14.7 Å². The highest BCUT2D eigenvalue weighted by atomic mass is 16.5. The molecule has 0 aliphatic rings. The van der Waals surface area contributed by atoms with E-state index in [0.29, 0.717) is 58.0 Å². The Kier molecular flexibility index (Phi) is 12.8. The summed E-state index contributed by atoms with van der Waals surface area (Å²) in [6.07, 6.45) is 6.58. The summed E-state index contributed by atoms with van der Waals surface area (Å²) in [5.41, 5.74) is 7.59. The molecule has 1 aromatic rings. The molecule has 0 radical (unpaired) electrons. The van der Waals surface area contributed by atoms with Crippen molar-refractivity contribution in [2.45, 2.75) is 32.2 Å². The van der Waals surface area contributed by atoms with Gasteiger partial charge in [-0.05, 0) is 42.9 Å². The largest absolute Gasteiger partial charge is 0.506 e. The number of rotatable bonds is 16. The summed E-state index contributed by atoms with van der Waals surface area (Å²) >= 11 is 0. The van der Waals surface area contributed by atoms with Gasteiger partial charge in [0.25, 0.3) is 5.91 Å². The van der Waals surface area contributed by atoms with Gasteiger partial charge in [-0.25, -0.2) is 0 Å². The van der Waals surface area contributed by atoms with Crippen LogP contribution in [0.1, 0.15) is 25.3 Å². The lowest BCUT2D eigenvalue weighted by Gasteiger charge is -2.16. The molecule has 0 fully saturated rings. The maximum atomic E-state index is 11.0. The number of phenols is 1. The Morgan fingerprint density at radius 3 is 2.58 bits per heavy atom. The number of ether oxygens (including phenoxy) is 2. The van der Waals surface area contributed by atoms with Crippen LogP contribution in [0.5, 0.6) is 5.75 Å². The second-order valence-electron chi connectivity index (χ2n) is 7.20. The van der Waals surface area contributed by atoms with Crippen LogP contribution >= 0.6 is 0 Å². The second-order valence-corrected chi connectivity index (χ2v) is 7.20. The lowest BCUT2D eigenvalue weighted by Crippen LogP contribution is -2.28. The third-order valence-corrected chi connectivity index (χ3v) is 4.45. The molecular formula is C22H33N3O6. The SMILES string of the molecule is C#CC(=O)NCCOCCOCCCNc1cc(C[C@H](N)CC(C)C(=O)O)ccc1O. The van der Waals surface area contributed by atoms with Gasteiger partial charge in [0.2, 0.25) is 0 Å². The zero-order valence-electron chi connectivity index (χ0n) is 17.9. The molecule has 0 heterocycles. The molecule has 31 heavy (non-hydrogen) atoms. The number of hydrogen-bond acceptors (Lipinski definition) is 7. The van der Waals surface area contributed by atoms with E-state index in [1.807, 2.05) is 12.0 Å². The minimum atomic E-state index is -0.856. The number of amides is 1. The number of carbonyl (C=O) groups excluding carboxylic acids is 1. The Morgan fingerprint density at radius 2 is 1.90 bits per heavy atom. The maximum absolute atomic E-state index is 11.0. The molecule has 9 heteroatoms. The first-order valence-electron chi connectivity index (χ1n) is 10.3. The quantitative estimate of drug-likeness (QED) is 0.147. The number of carboxylic acid groups (broad SMARTS) is 1. The standard InChI is InChI=1S/C22H33N3O6/c1-3-21(27)25-8-10-31-12-11-30-9-4-7-24-19-15-17(5-6-20(19)26)14-18(23)13-16(2)22(28)29/h1,5-6,15-16,18,24,26H,4,7-14,23H2,2H3,(H,25,27)(H,28,29)/t16?,18-/m1/s1. The van der Waals surface area contributed by atoms with Crippen LogP contribution in [0.25, 0.3) is 0 Å². The monoisotopic (exact) mass is 435 g/mol. The summed E-state index contributed by atoms with van der Waals surface area (Å²) in [6.45, 7) is 4.37. The Hall–Kier alpha value is -2.80. The van der Waals surface area contributed by atoms with Crippen LogP contribution in [0.4, 0.5) is 5.69 Å². The molecule has 0 aliphatic carbocycles. The van der Waals surface area contributed by atoms with Gasteiger partial charge < -0.3 is 36.1 Å². The number of nitrogens with two attached hydrogens (primary N) is 1. The van der Waals surface area contributed by atoms with Crippen LogP contribution in [0.3, 0.4) is 0 Å². The molecule has 1 unspecified atom stereocenters. The number of benzene rings is 1. The fraction of sp³-hybridized carbons (Fsp3) is 0.545. The van der Waals surface area contributed by atoms with Crippen molar-refractivity contribution in [1.29, 1.82) is 0 Å². The molecule has 0 spiro atoms. The second kappa shape index (κ2) is 15.1. The number of anilines is 1. The molecule has 1 aromatic carbocycles. The zero-order chi connectivity index (χ0) is 23.1. The smallest absolute Gasteiger partial charge is 0.306 e. The van der Waals surface area contributed by atoms with E-state index in [2.05, 4.69) is 10.6 Å².